The highest BCUT2D eigenvalue weighted by Crippen LogP contribution is 2.23. The molecule has 2 aromatic rings. The van der Waals surface area contributed by atoms with Gasteiger partial charge in [0.1, 0.15) is 0 Å². The van der Waals surface area contributed by atoms with Crippen molar-refractivity contribution in [1.82, 2.24) is 19.7 Å². The van der Waals surface area contributed by atoms with Gasteiger partial charge < -0.3 is 4.90 Å². The van der Waals surface area contributed by atoms with Gasteiger partial charge in [-0.05, 0) is 63.3 Å². The van der Waals surface area contributed by atoms with Crippen molar-refractivity contribution in [3.05, 3.63) is 36.2 Å². The lowest BCUT2D eigenvalue weighted by atomic mass is 9.91. The van der Waals surface area contributed by atoms with Gasteiger partial charge in [-0.2, -0.15) is 5.10 Å². The Labute approximate surface area is 133 Å². The summed E-state index contributed by atoms with van der Waals surface area (Å²) in [7, 11) is 1.95. The number of nitrogens with zero attached hydrogens (tertiary/aromatic N) is 4. The predicted molar refractivity (Wildman–Crippen MR) is 89.6 cm³/mol. The van der Waals surface area contributed by atoms with E-state index >= 15 is 0 Å². The summed E-state index contributed by atoms with van der Waals surface area (Å²) >= 11 is 0. The lowest BCUT2D eigenvalue weighted by Gasteiger charge is -2.35. The highest BCUT2D eigenvalue weighted by atomic mass is 15.3. The van der Waals surface area contributed by atoms with Crippen molar-refractivity contribution in [3.8, 4) is 11.4 Å². The van der Waals surface area contributed by atoms with E-state index in [0.29, 0.717) is 6.04 Å². The average Bonchev–Trinajstić information content (AvgIpc) is 2.94. The van der Waals surface area contributed by atoms with Gasteiger partial charge in [0.15, 0.2) is 0 Å². The molecular formula is C18H26N4. The minimum atomic E-state index is 0.660. The van der Waals surface area contributed by atoms with Crippen molar-refractivity contribution in [3.63, 3.8) is 0 Å². The average molecular weight is 298 g/mol. The van der Waals surface area contributed by atoms with Crippen LogP contribution < -0.4 is 0 Å². The Morgan fingerprint density at radius 3 is 2.77 bits per heavy atom. The number of hydrogen-bond donors (Lipinski definition) is 0. The SMILES string of the molecule is CC(C)N1CCC[C@@H](Cc2ccc(-c3ccnn3C)nc2)C1. The maximum Gasteiger partial charge on any atom is 0.0883 e. The van der Waals surface area contributed by atoms with E-state index < -0.39 is 0 Å². The molecule has 22 heavy (non-hydrogen) atoms. The molecule has 0 radical (unpaired) electrons. The van der Waals surface area contributed by atoms with Gasteiger partial charge in [0, 0.05) is 32.0 Å². The summed E-state index contributed by atoms with van der Waals surface area (Å²) in [4.78, 5) is 7.23. The van der Waals surface area contributed by atoms with Crippen LogP contribution in [0, 0.1) is 5.92 Å². The molecule has 0 aliphatic carbocycles. The van der Waals surface area contributed by atoms with E-state index in [1.165, 1.54) is 31.5 Å². The molecule has 2 aromatic heterocycles. The van der Waals surface area contributed by atoms with Crippen LogP contribution >= 0.6 is 0 Å². The molecule has 3 heterocycles. The van der Waals surface area contributed by atoms with Crippen LogP contribution in [-0.2, 0) is 13.5 Å². The van der Waals surface area contributed by atoms with Crippen molar-refractivity contribution in [1.29, 1.82) is 0 Å². The highest BCUT2D eigenvalue weighted by Gasteiger charge is 2.21. The second-order valence-corrected chi connectivity index (χ2v) is 6.69. The first-order valence-corrected chi connectivity index (χ1v) is 8.31. The molecule has 0 spiro atoms. The normalized spacial score (nSPS) is 19.7. The van der Waals surface area contributed by atoms with Crippen LogP contribution in [0.25, 0.3) is 11.4 Å². The fourth-order valence-corrected chi connectivity index (χ4v) is 3.39. The van der Waals surface area contributed by atoms with Gasteiger partial charge in [-0.25, -0.2) is 0 Å². The lowest BCUT2D eigenvalue weighted by molar-refractivity contribution is 0.139. The number of aryl methyl sites for hydroxylation is 1. The van der Waals surface area contributed by atoms with E-state index in [2.05, 4.69) is 41.0 Å². The first kappa shape index (κ1) is 15.2. The number of hydrogen-bond acceptors (Lipinski definition) is 3. The van der Waals surface area contributed by atoms with Crippen molar-refractivity contribution in [2.75, 3.05) is 13.1 Å². The first-order chi connectivity index (χ1) is 10.6. The molecule has 1 atom stereocenters. The van der Waals surface area contributed by atoms with Gasteiger partial charge in [0.25, 0.3) is 0 Å². The fourth-order valence-electron chi connectivity index (χ4n) is 3.39. The van der Waals surface area contributed by atoms with Crippen LogP contribution in [-0.4, -0.2) is 38.8 Å². The van der Waals surface area contributed by atoms with Crippen molar-refractivity contribution < 1.29 is 0 Å². The zero-order valence-corrected chi connectivity index (χ0v) is 13.9. The summed E-state index contributed by atoms with van der Waals surface area (Å²) in [6.45, 7) is 7.08. The third-order valence-corrected chi connectivity index (χ3v) is 4.71. The van der Waals surface area contributed by atoms with Crippen LogP contribution in [0.4, 0.5) is 0 Å². The summed E-state index contributed by atoms with van der Waals surface area (Å²) in [5.74, 6) is 0.764. The smallest absolute Gasteiger partial charge is 0.0883 e. The molecule has 118 valence electrons. The second-order valence-electron chi connectivity index (χ2n) is 6.69. The van der Waals surface area contributed by atoms with E-state index in [0.717, 1.165) is 23.7 Å². The second kappa shape index (κ2) is 6.61. The zero-order chi connectivity index (χ0) is 15.5. The Morgan fingerprint density at radius 2 is 2.14 bits per heavy atom. The Kier molecular flexibility index (Phi) is 4.57. The van der Waals surface area contributed by atoms with Crippen molar-refractivity contribution >= 4 is 0 Å². The molecule has 0 saturated carbocycles. The Bertz CT molecular complexity index is 600. The molecule has 0 N–H and O–H groups in total. The van der Waals surface area contributed by atoms with Gasteiger partial charge in [-0.3, -0.25) is 9.67 Å². The minimum absolute atomic E-state index is 0.660. The largest absolute Gasteiger partial charge is 0.301 e. The molecule has 0 amide bonds. The van der Waals surface area contributed by atoms with Gasteiger partial charge >= 0.3 is 0 Å². The summed E-state index contributed by atoms with van der Waals surface area (Å²) < 4.78 is 1.86. The molecule has 1 aliphatic rings. The predicted octanol–water partition coefficient (Wildman–Crippen LogP) is 3.15. The molecule has 1 saturated heterocycles. The molecule has 4 heteroatoms. The molecule has 3 rings (SSSR count). The first-order valence-electron chi connectivity index (χ1n) is 8.31. The molecule has 0 aromatic carbocycles. The van der Waals surface area contributed by atoms with E-state index in [4.69, 9.17) is 0 Å². The standard InChI is InChI=1S/C18H26N4/c1-14(2)22-10-4-5-16(13-22)11-15-6-7-17(19-12-15)18-8-9-20-21(18)3/h6-9,12,14,16H,4-5,10-11,13H2,1-3H3/t16-/m0/s1. The van der Waals surface area contributed by atoms with E-state index in [9.17, 15) is 0 Å². The van der Waals surface area contributed by atoms with Crippen LogP contribution in [0.2, 0.25) is 0 Å². The van der Waals surface area contributed by atoms with Crippen molar-refractivity contribution in [2.45, 2.75) is 39.2 Å². The molecule has 0 unspecified atom stereocenters. The minimum Gasteiger partial charge on any atom is -0.301 e. The summed E-state index contributed by atoms with van der Waals surface area (Å²) in [5.41, 5.74) is 3.41. The number of aromatic nitrogens is 3. The van der Waals surface area contributed by atoms with Crippen LogP contribution in [0.15, 0.2) is 30.6 Å². The van der Waals surface area contributed by atoms with E-state index in [1.807, 2.05) is 30.2 Å². The molecule has 1 fully saturated rings. The van der Waals surface area contributed by atoms with Gasteiger partial charge in [0.05, 0.1) is 11.4 Å². The summed E-state index contributed by atoms with van der Waals surface area (Å²) in [6, 6.07) is 7.01. The third kappa shape index (κ3) is 3.38. The zero-order valence-electron chi connectivity index (χ0n) is 13.9. The summed E-state index contributed by atoms with van der Waals surface area (Å²) in [5, 5.41) is 4.20. The lowest BCUT2D eigenvalue weighted by Crippen LogP contribution is -2.40. The Balaban J connectivity index is 1.65. The molecule has 4 nitrogen and oxygen atoms in total. The maximum atomic E-state index is 4.63. The number of pyridine rings is 1. The van der Waals surface area contributed by atoms with Gasteiger partial charge in [-0.15, -0.1) is 0 Å². The van der Waals surface area contributed by atoms with E-state index in [-0.39, 0.29) is 0 Å². The van der Waals surface area contributed by atoms with Crippen LogP contribution in [0.1, 0.15) is 32.3 Å². The number of piperidine rings is 1. The monoisotopic (exact) mass is 298 g/mol. The highest BCUT2D eigenvalue weighted by molar-refractivity contribution is 5.53. The molecular weight excluding hydrogens is 272 g/mol. The fraction of sp³-hybridized carbons (Fsp3) is 0.556. The van der Waals surface area contributed by atoms with Crippen LogP contribution in [0.5, 0.6) is 0 Å². The van der Waals surface area contributed by atoms with E-state index in [1.54, 1.807) is 0 Å². The quantitative estimate of drug-likeness (QED) is 0.869. The van der Waals surface area contributed by atoms with Crippen LogP contribution in [0.3, 0.4) is 0 Å². The maximum absolute atomic E-state index is 4.63. The summed E-state index contributed by atoms with van der Waals surface area (Å²) in [6.07, 6.45) is 7.65. The Morgan fingerprint density at radius 1 is 1.27 bits per heavy atom. The molecule has 0 bridgehead atoms. The molecule has 1 aliphatic heterocycles. The van der Waals surface area contributed by atoms with Gasteiger partial charge in [-0.1, -0.05) is 6.07 Å². The third-order valence-electron chi connectivity index (χ3n) is 4.71. The van der Waals surface area contributed by atoms with Crippen molar-refractivity contribution in [2.24, 2.45) is 13.0 Å². The topological polar surface area (TPSA) is 34.0 Å². The van der Waals surface area contributed by atoms with Gasteiger partial charge in [0.2, 0.25) is 0 Å². The number of likely N-dealkylation sites (tertiary alicyclic amines) is 1. The Hall–Kier alpha value is -1.68. The number of rotatable bonds is 4.